The van der Waals surface area contributed by atoms with Gasteiger partial charge in [-0.05, 0) is 31.2 Å². The molecule has 0 aliphatic heterocycles. The smallest absolute Gasteiger partial charge is 0.251 e. The number of fused-ring (bicyclic) bond motifs is 1. The van der Waals surface area contributed by atoms with Gasteiger partial charge in [-0.25, -0.2) is 4.52 Å². The largest absolute Gasteiger partial charge is 0.348 e. The summed E-state index contributed by atoms with van der Waals surface area (Å²) < 4.78 is 1.80. The molecule has 0 aliphatic rings. The van der Waals surface area contributed by atoms with E-state index in [4.69, 9.17) is 0 Å². The van der Waals surface area contributed by atoms with E-state index < -0.39 is 0 Å². The topological polar surface area (TPSA) is 46.4 Å². The molecule has 2 heterocycles. The third kappa shape index (κ3) is 2.40. The van der Waals surface area contributed by atoms with Crippen LogP contribution in [0.4, 0.5) is 0 Å². The molecule has 3 rings (SSSR count). The molecule has 0 saturated carbocycles. The minimum absolute atomic E-state index is 0.0658. The van der Waals surface area contributed by atoms with Gasteiger partial charge in [0.15, 0.2) is 0 Å². The molecule has 0 radical (unpaired) electrons. The molecule has 0 spiro atoms. The first kappa shape index (κ1) is 12.4. The maximum atomic E-state index is 12.1. The Kier molecular flexibility index (Phi) is 3.21. The van der Waals surface area contributed by atoms with E-state index in [2.05, 4.69) is 10.4 Å². The number of benzene rings is 1. The number of nitrogens with one attached hydrogen (secondary N) is 1. The second-order valence-corrected chi connectivity index (χ2v) is 4.75. The Bertz CT molecular complexity index is 761. The number of carbonyl (C=O) groups excluding carboxylic acids is 1. The lowest BCUT2D eigenvalue weighted by Crippen LogP contribution is -2.22. The van der Waals surface area contributed by atoms with Gasteiger partial charge >= 0.3 is 0 Å². The van der Waals surface area contributed by atoms with Crippen molar-refractivity contribution >= 4 is 11.4 Å². The summed E-state index contributed by atoms with van der Waals surface area (Å²) in [6, 6.07) is 13.4. The Morgan fingerprint density at radius 1 is 1.25 bits per heavy atom. The van der Waals surface area contributed by atoms with Gasteiger partial charge in [-0.3, -0.25) is 4.79 Å². The number of pyridine rings is 1. The third-order valence-corrected chi connectivity index (χ3v) is 3.23. The number of aromatic nitrogens is 2. The monoisotopic (exact) mass is 265 g/mol. The molecule has 4 heteroatoms. The first-order valence-corrected chi connectivity index (χ1v) is 6.50. The quantitative estimate of drug-likeness (QED) is 0.791. The van der Waals surface area contributed by atoms with Crippen molar-refractivity contribution < 1.29 is 4.79 Å². The fourth-order valence-electron chi connectivity index (χ4n) is 2.19. The maximum Gasteiger partial charge on any atom is 0.251 e. The third-order valence-electron chi connectivity index (χ3n) is 3.23. The van der Waals surface area contributed by atoms with Crippen LogP contribution in [0.5, 0.6) is 0 Å². The number of aryl methyl sites for hydroxylation is 1. The highest BCUT2D eigenvalue weighted by atomic mass is 16.1. The average molecular weight is 265 g/mol. The molecule has 0 bridgehead atoms. The van der Waals surface area contributed by atoms with Crippen LogP contribution in [0, 0.1) is 6.92 Å². The van der Waals surface area contributed by atoms with Gasteiger partial charge in [0.25, 0.3) is 5.91 Å². The van der Waals surface area contributed by atoms with Gasteiger partial charge in [-0.2, -0.15) is 5.10 Å². The van der Waals surface area contributed by atoms with Crippen molar-refractivity contribution in [2.75, 3.05) is 0 Å². The minimum atomic E-state index is -0.0658. The summed E-state index contributed by atoms with van der Waals surface area (Å²) in [6.07, 6.45) is 3.67. The number of rotatable bonds is 3. The highest BCUT2D eigenvalue weighted by Crippen LogP contribution is 2.10. The van der Waals surface area contributed by atoms with Crippen LogP contribution in [0.3, 0.4) is 0 Å². The Hall–Kier alpha value is -2.62. The van der Waals surface area contributed by atoms with Gasteiger partial charge in [0, 0.05) is 23.9 Å². The first-order chi connectivity index (χ1) is 9.74. The normalized spacial score (nSPS) is 10.7. The number of carbonyl (C=O) groups is 1. The average Bonchev–Trinajstić information content (AvgIpc) is 2.88. The van der Waals surface area contributed by atoms with E-state index in [-0.39, 0.29) is 5.91 Å². The summed E-state index contributed by atoms with van der Waals surface area (Å²) in [4.78, 5) is 12.1. The summed E-state index contributed by atoms with van der Waals surface area (Å²) in [5, 5.41) is 7.18. The van der Waals surface area contributed by atoms with Crippen LogP contribution < -0.4 is 5.32 Å². The summed E-state index contributed by atoms with van der Waals surface area (Å²) in [5.74, 6) is -0.0658. The van der Waals surface area contributed by atoms with Crippen LogP contribution in [-0.4, -0.2) is 15.5 Å². The molecule has 0 saturated heterocycles. The minimum Gasteiger partial charge on any atom is -0.348 e. The molecule has 0 atom stereocenters. The van der Waals surface area contributed by atoms with Crippen molar-refractivity contribution in [1.29, 1.82) is 0 Å². The van der Waals surface area contributed by atoms with Crippen molar-refractivity contribution in [3.8, 4) is 0 Å². The summed E-state index contributed by atoms with van der Waals surface area (Å²) in [7, 11) is 0. The standard InChI is InChI=1S/C16H15N3O/c1-12-5-4-6-13(9-12)16(20)17-10-14-11-18-19-8-3-2-7-15(14)19/h2-9,11H,10H2,1H3,(H,17,20). The number of nitrogens with zero attached hydrogens (tertiary/aromatic N) is 2. The fourth-order valence-corrected chi connectivity index (χ4v) is 2.19. The molecule has 1 aromatic carbocycles. The Morgan fingerprint density at radius 3 is 3.00 bits per heavy atom. The summed E-state index contributed by atoms with van der Waals surface area (Å²) in [5.41, 5.74) is 3.78. The molecule has 4 nitrogen and oxygen atoms in total. The molecule has 3 aromatic rings. The molecular weight excluding hydrogens is 250 g/mol. The molecule has 1 N–H and O–H groups in total. The molecule has 0 aliphatic carbocycles. The van der Waals surface area contributed by atoms with Crippen molar-refractivity contribution in [3.05, 3.63) is 71.5 Å². The Balaban J connectivity index is 1.75. The Labute approximate surface area is 117 Å². The number of hydrogen-bond donors (Lipinski definition) is 1. The van der Waals surface area contributed by atoms with E-state index in [1.54, 1.807) is 10.7 Å². The van der Waals surface area contributed by atoms with Crippen LogP contribution in [0.15, 0.2) is 54.9 Å². The van der Waals surface area contributed by atoms with Crippen molar-refractivity contribution in [3.63, 3.8) is 0 Å². The zero-order chi connectivity index (χ0) is 13.9. The van der Waals surface area contributed by atoms with Crippen molar-refractivity contribution in [2.45, 2.75) is 13.5 Å². The van der Waals surface area contributed by atoms with E-state index in [1.807, 2.05) is 55.6 Å². The lowest BCUT2D eigenvalue weighted by molar-refractivity contribution is 0.0951. The van der Waals surface area contributed by atoms with Gasteiger partial charge < -0.3 is 5.32 Å². The lowest BCUT2D eigenvalue weighted by Gasteiger charge is -2.05. The van der Waals surface area contributed by atoms with E-state index in [1.165, 1.54) is 0 Å². The fraction of sp³-hybridized carbons (Fsp3) is 0.125. The van der Waals surface area contributed by atoms with Crippen LogP contribution in [0.1, 0.15) is 21.5 Å². The summed E-state index contributed by atoms with van der Waals surface area (Å²) in [6.45, 7) is 2.45. The molecule has 0 fully saturated rings. The van der Waals surface area contributed by atoms with Gasteiger partial charge in [0.2, 0.25) is 0 Å². The van der Waals surface area contributed by atoms with E-state index in [0.29, 0.717) is 12.1 Å². The summed E-state index contributed by atoms with van der Waals surface area (Å²) >= 11 is 0. The second-order valence-electron chi connectivity index (χ2n) is 4.75. The van der Waals surface area contributed by atoms with E-state index >= 15 is 0 Å². The predicted octanol–water partition coefficient (Wildman–Crippen LogP) is 2.57. The second kappa shape index (κ2) is 5.17. The SMILES string of the molecule is Cc1cccc(C(=O)NCc2cnn3ccccc23)c1. The maximum absolute atomic E-state index is 12.1. The van der Waals surface area contributed by atoms with E-state index in [9.17, 15) is 4.79 Å². The molecular formula is C16H15N3O. The van der Waals surface area contributed by atoms with E-state index in [0.717, 1.165) is 16.6 Å². The molecule has 100 valence electrons. The van der Waals surface area contributed by atoms with Gasteiger partial charge in [0.1, 0.15) is 0 Å². The van der Waals surface area contributed by atoms with Crippen LogP contribution in [-0.2, 0) is 6.54 Å². The van der Waals surface area contributed by atoms with Crippen LogP contribution in [0.2, 0.25) is 0 Å². The molecule has 0 unspecified atom stereocenters. The Morgan fingerprint density at radius 2 is 2.15 bits per heavy atom. The number of hydrogen-bond acceptors (Lipinski definition) is 2. The molecule has 2 aromatic heterocycles. The number of amides is 1. The van der Waals surface area contributed by atoms with Crippen LogP contribution >= 0.6 is 0 Å². The van der Waals surface area contributed by atoms with Gasteiger partial charge in [0.05, 0.1) is 11.7 Å². The highest BCUT2D eigenvalue weighted by Gasteiger charge is 2.07. The first-order valence-electron chi connectivity index (χ1n) is 6.50. The zero-order valence-corrected chi connectivity index (χ0v) is 11.2. The van der Waals surface area contributed by atoms with Gasteiger partial charge in [-0.1, -0.05) is 23.8 Å². The molecule has 1 amide bonds. The van der Waals surface area contributed by atoms with Crippen molar-refractivity contribution in [1.82, 2.24) is 14.9 Å². The lowest BCUT2D eigenvalue weighted by atomic mass is 10.1. The molecule has 20 heavy (non-hydrogen) atoms. The van der Waals surface area contributed by atoms with Crippen molar-refractivity contribution in [2.24, 2.45) is 0 Å². The zero-order valence-electron chi connectivity index (χ0n) is 11.2. The highest BCUT2D eigenvalue weighted by molar-refractivity contribution is 5.94. The van der Waals surface area contributed by atoms with Gasteiger partial charge in [-0.15, -0.1) is 0 Å². The predicted molar refractivity (Wildman–Crippen MR) is 77.5 cm³/mol. The van der Waals surface area contributed by atoms with Crippen LogP contribution in [0.25, 0.3) is 5.52 Å².